The van der Waals surface area contributed by atoms with Crippen LogP contribution in [0.5, 0.6) is 5.75 Å². The first-order valence-electron chi connectivity index (χ1n) is 5.81. The highest BCUT2D eigenvalue weighted by Crippen LogP contribution is 2.18. The summed E-state index contributed by atoms with van der Waals surface area (Å²) in [6.45, 7) is 5.01. The molecule has 1 aliphatic heterocycles. The summed E-state index contributed by atoms with van der Waals surface area (Å²) in [4.78, 5) is 4.38. The maximum absolute atomic E-state index is 5.58. The van der Waals surface area contributed by atoms with Crippen molar-refractivity contribution in [3.8, 4) is 5.75 Å². The SMILES string of the molecule is CC(C)Oc1ccc(NC2=NCCC2)cc1. The third-order valence-corrected chi connectivity index (χ3v) is 2.39. The highest BCUT2D eigenvalue weighted by Gasteiger charge is 2.06. The normalized spacial score (nSPS) is 15.1. The van der Waals surface area contributed by atoms with Crippen molar-refractivity contribution in [1.29, 1.82) is 0 Å². The second kappa shape index (κ2) is 5.01. The molecule has 0 radical (unpaired) electrons. The Labute approximate surface area is 96.5 Å². The van der Waals surface area contributed by atoms with Crippen molar-refractivity contribution in [2.24, 2.45) is 4.99 Å². The summed E-state index contributed by atoms with van der Waals surface area (Å²) >= 11 is 0. The van der Waals surface area contributed by atoms with Crippen molar-refractivity contribution in [3.63, 3.8) is 0 Å². The van der Waals surface area contributed by atoms with Crippen LogP contribution in [-0.4, -0.2) is 18.5 Å². The Morgan fingerprint density at radius 3 is 2.56 bits per heavy atom. The van der Waals surface area contributed by atoms with Crippen molar-refractivity contribution in [2.45, 2.75) is 32.8 Å². The fourth-order valence-electron chi connectivity index (χ4n) is 1.70. The van der Waals surface area contributed by atoms with Gasteiger partial charge in [-0.2, -0.15) is 0 Å². The predicted octanol–water partition coefficient (Wildman–Crippen LogP) is 3.08. The number of ether oxygens (including phenoxy) is 1. The summed E-state index contributed by atoms with van der Waals surface area (Å²) in [5.74, 6) is 2.01. The molecular formula is C13H18N2O. The molecule has 1 aliphatic rings. The molecule has 0 atom stereocenters. The molecule has 1 aromatic carbocycles. The molecule has 1 aromatic rings. The molecular weight excluding hydrogens is 200 g/mol. The van der Waals surface area contributed by atoms with E-state index in [9.17, 15) is 0 Å². The highest BCUT2D eigenvalue weighted by atomic mass is 16.5. The molecule has 0 saturated carbocycles. The molecule has 0 unspecified atom stereocenters. The van der Waals surface area contributed by atoms with E-state index in [4.69, 9.17) is 4.74 Å². The number of hydrogen-bond acceptors (Lipinski definition) is 3. The molecule has 16 heavy (non-hydrogen) atoms. The minimum atomic E-state index is 0.220. The highest BCUT2D eigenvalue weighted by molar-refractivity contribution is 5.96. The topological polar surface area (TPSA) is 33.6 Å². The zero-order valence-corrected chi connectivity index (χ0v) is 9.86. The Hall–Kier alpha value is -1.51. The van der Waals surface area contributed by atoms with Gasteiger partial charge in [-0.25, -0.2) is 0 Å². The average molecular weight is 218 g/mol. The third-order valence-electron chi connectivity index (χ3n) is 2.39. The Morgan fingerprint density at radius 1 is 1.25 bits per heavy atom. The van der Waals surface area contributed by atoms with Crippen LogP contribution < -0.4 is 10.1 Å². The minimum absolute atomic E-state index is 0.220. The van der Waals surface area contributed by atoms with E-state index in [0.717, 1.165) is 36.7 Å². The molecule has 3 nitrogen and oxygen atoms in total. The number of amidine groups is 1. The van der Waals surface area contributed by atoms with Gasteiger partial charge in [0.1, 0.15) is 11.6 Å². The van der Waals surface area contributed by atoms with E-state index in [0.29, 0.717) is 0 Å². The zero-order valence-electron chi connectivity index (χ0n) is 9.86. The van der Waals surface area contributed by atoms with Crippen LogP contribution in [0.3, 0.4) is 0 Å². The zero-order chi connectivity index (χ0) is 11.4. The van der Waals surface area contributed by atoms with E-state index in [-0.39, 0.29) is 6.10 Å². The summed E-state index contributed by atoms with van der Waals surface area (Å²) in [6.07, 6.45) is 2.44. The van der Waals surface area contributed by atoms with E-state index < -0.39 is 0 Å². The molecule has 0 spiro atoms. The monoisotopic (exact) mass is 218 g/mol. The molecule has 1 heterocycles. The van der Waals surface area contributed by atoms with Crippen LogP contribution in [0.25, 0.3) is 0 Å². The molecule has 0 aromatic heterocycles. The van der Waals surface area contributed by atoms with Crippen molar-refractivity contribution < 1.29 is 4.74 Å². The predicted molar refractivity (Wildman–Crippen MR) is 67.4 cm³/mol. The van der Waals surface area contributed by atoms with Gasteiger partial charge in [-0.3, -0.25) is 4.99 Å². The van der Waals surface area contributed by atoms with Crippen LogP contribution >= 0.6 is 0 Å². The fourth-order valence-corrected chi connectivity index (χ4v) is 1.70. The van der Waals surface area contributed by atoms with Crippen molar-refractivity contribution in [2.75, 3.05) is 11.9 Å². The lowest BCUT2D eigenvalue weighted by Crippen LogP contribution is -2.08. The number of hydrogen-bond donors (Lipinski definition) is 1. The van der Waals surface area contributed by atoms with Gasteiger partial charge >= 0.3 is 0 Å². The van der Waals surface area contributed by atoms with Crippen LogP contribution in [0.4, 0.5) is 5.69 Å². The first kappa shape index (κ1) is 11.0. The van der Waals surface area contributed by atoms with Gasteiger partial charge in [0, 0.05) is 18.7 Å². The lowest BCUT2D eigenvalue weighted by molar-refractivity contribution is 0.242. The second-order valence-corrected chi connectivity index (χ2v) is 4.25. The van der Waals surface area contributed by atoms with Gasteiger partial charge in [0.15, 0.2) is 0 Å². The molecule has 0 amide bonds. The van der Waals surface area contributed by atoms with Crippen LogP contribution in [-0.2, 0) is 0 Å². The molecule has 0 fully saturated rings. The number of anilines is 1. The average Bonchev–Trinajstić information content (AvgIpc) is 2.73. The fraction of sp³-hybridized carbons (Fsp3) is 0.462. The van der Waals surface area contributed by atoms with Gasteiger partial charge in [0.25, 0.3) is 0 Å². The lowest BCUT2D eigenvalue weighted by atomic mass is 10.2. The summed E-state index contributed by atoms with van der Waals surface area (Å²) in [6, 6.07) is 8.02. The van der Waals surface area contributed by atoms with Gasteiger partial charge in [-0.05, 0) is 44.5 Å². The van der Waals surface area contributed by atoms with Gasteiger partial charge in [-0.15, -0.1) is 0 Å². The van der Waals surface area contributed by atoms with E-state index in [1.807, 2.05) is 38.1 Å². The number of nitrogens with one attached hydrogen (secondary N) is 1. The number of nitrogens with zero attached hydrogens (tertiary/aromatic N) is 1. The smallest absolute Gasteiger partial charge is 0.119 e. The van der Waals surface area contributed by atoms with E-state index in [2.05, 4.69) is 10.3 Å². The summed E-state index contributed by atoms with van der Waals surface area (Å²) in [5, 5.41) is 3.32. The van der Waals surface area contributed by atoms with Gasteiger partial charge in [0.05, 0.1) is 6.10 Å². The first-order chi connectivity index (χ1) is 7.74. The third kappa shape index (κ3) is 2.99. The van der Waals surface area contributed by atoms with Crippen LogP contribution in [0, 0.1) is 0 Å². The Kier molecular flexibility index (Phi) is 3.44. The lowest BCUT2D eigenvalue weighted by Gasteiger charge is -2.10. The van der Waals surface area contributed by atoms with E-state index >= 15 is 0 Å². The van der Waals surface area contributed by atoms with Crippen LogP contribution in [0.15, 0.2) is 29.3 Å². The van der Waals surface area contributed by atoms with Crippen molar-refractivity contribution in [3.05, 3.63) is 24.3 Å². The van der Waals surface area contributed by atoms with Crippen molar-refractivity contribution in [1.82, 2.24) is 0 Å². The molecule has 1 N–H and O–H groups in total. The van der Waals surface area contributed by atoms with Gasteiger partial charge in [-0.1, -0.05) is 0 Å². The standard InChI is InChI=1S/C13H18N2O/c1-10(2)16-12-7-5-11(6-8-12)15-13-4-3-9-14-13/h5-8,10H,3-4,9H2,1-2H3,(H,14,15). The summed E-state index contributed by atoms with van der Waals surface area (Å²) in [5.41, 5.74) is 1.08. The molecule has 0 aliphatic carbocycles. The van der Waals surface area contributed by atoms with Crippen molar-refractivity contribution >= 4 is 11.5 Å². The Balaban J connectivity index is 1.96. The number of aliphatic imine (C=N–C) groups is 1. The maximum atomic E-state index is 5.58. The molecule has 86 valence electrons. The minimum Gasteiger partial charge on any atom is -0.491 e. The number of benzene rings is 1. The molecule has 3 heteroatoms. The Morgan fingerprint density at radius 2 is 2.00 bits per heavy atom. The molecule has 2 rings (SSSR count). The largest absolute Gasteiger partial charge is 0.491 e. The molecule has 0 bridgehead atoms. The van der Waals surface area contributed by atoms with E-state index in [1.54, 1.807) is 0 Å². The summed E-state index contributed by atoms with van der Waals surface area (Å²) in [7, 11) is 0. The Bertz CT molecular complexity index is 368. The first-order valence-corrected chi connectivity index (χ1v) is 5.81. The van der Waals surface area contributed by atoms with Crippen LogP contribution in [0.1, 0.15) is 26.7 Å². The van der Waals surface area contributed by atoms with Gasteiger partial charge < -0.3 is 10.1 Å². The van der Waals surface area contributed by atoms with E-state index in [1.165, 1.54) is 0 Å². The second-order valence-electron chi connectivity index (χ2n) is 4.25. The van der Waals surface area contributed by atoms with Crippen LogP contribution in [0.2, 0.25) is 0 Å². The van der Waals surface area contributed by atoms with Gasteiger partial charge in [0.2, 0.25) is 0 Å². The number of rotatable bonds is 3. The molecule has 0 saturated heterocycles. The maximum Gasteiger partial charge on any atom is 0.119 e. The summed E-state index contributed by atoms with van der Waals surface area (Å²) < 4.78 is 5.58. The quantitative estimate of drug-likeness (QED) is 0.845.